The van der Waals surface area contributed by atoms with E-state index in [2.05, 4.69) is 9.44 Å². The summed E-state index contributed by atoms with van der Waals surface area (Å²) in [5.74, 6) is -0.629. The van der Waals surface area contributed by atoms with Gasteiger partial charge in [-0.3, -0.25) is 29.3 Å². The maximum atomic E-state index is 12.1. The number of benzene rings is 3. The number of nitro groups is 1. The van der Waals surface area contributed by atoms with E-state index in [1.807, 2.05) is 52.8 Å². The van der Waals surface area contributed by atoms with Crippen LogP contribution in [-0.4, -0.2) is 16.1 Å². The van der Waals surface area contributed by atoms with Crippen LogP contribution in [0.1, 0.15) is 10.4 Å². The van der Waals surface area contributed by atoms with Gasteiger partial charge < -0.3 is 0 Å². The minimum Gasteiger partial charge on any atom is -0.282 e. The number of nitrogens with zero attached hydrogens (tertiary/aromatic N) is 2. The number of carbonyl (C=O) groups excluding carboxylic acids is 2. The van der Waals surface area contributed by atoms with Crippen molar-refractivity contribution in [2.45, 2.75) is 0 Å². The molecule has 2 amide bonds. The summed E-state index contributed by atoms with van der Waals surface area (Å²) in [7, 11) is 0. The lowest BCUT2D eigenvalue weighted by molar-refractivity contribution is -0.384. The van der Waals surface area contributed by atoms with Crippen molar-refractivity contribution in [2.24, 2.45) is 0 Å². The Hall–Kier alpha value is -3.34. The molecule has 0 aliphatic carbocycles. The first-order valence-electron chi connectivity index (χ1n) is 8.72. The lowest BCUT2D eigenvalue weighted by atomic mass is 10.1. The van der Waals surface area contributed by atoms with Crippen molar-refractivity contribution >= 4 is 52.3 Å². The molecule has 0 bridgehead atoms. The Balaban J connectivity index is 1.28. The number of imide groups is 1. The summed E-state index contributed by atoms with van der Waals surface area (Å²) in [5, 5.41) is 12.3. The fraction of sp³-hybridized carbons (Fsp3) is 0. The van der Waals surface area contributed by atoms with Crippen molar-refractivity contribution in [3.63, 3.8) is 0 Å². The maximum Gasteiger partial charge on any atom is 0.301 e. The first kappa shape index (κ1) is 20.0. The van der Waals surface area contributed by atoms with E-state index in [-0.39, 0.29) is 11.3 Å². The number of nitro benzene ring substituents is 1. The molecule has 2 N–H and O–H groups in total. The fourth-order valence-corrected chi connectivity index (χ4v) is 4.22. The van der Waals surface area contributed by atoms with Gasteiger partial charge in [-0.05, 0) is 23.8 Å². The van der Waals surface area contributed by atoms with E-state index in [0.29, 0.717) is 0 Å². The van der Waals surface area contributed by atoms with Crippen molar-refractivity contribution in [3.05, 3.63) is 88.5 Å². The van der Waals surface area contributed by atoms with Crippen molar-refractivity contribution in [3.8, 4) is 11.1 Å². The lowest BCUT2D eigenvalue weighted by Gasteiger charge is -2.06. The fourth-order valence-electron chi connectivity index (χ4n) is 2.83. The number of non-ortho nitro benzene ring substituents is 1. The van der Waals surface area contributed by atoms with Crippen LogP contribution in [0, 0.1) is 10.1 Å². The summed E-state index contributed by atoms with van der Waals surface area (Å²) in [6, 6.07) is 21.0. The minimum absolute atomic E-state index is 0.127. The van der Waals surface area contributed by atoms with Crippen LogP contribution in [0.3, 0.4) is 0 Å². The highest BCUT2D eigenvalue weighted by molar-refractivity contribution is 8.21. The highest BCUT2D eigenvalue weighted by atomic mass is 32.2. The summed E-state index contributed by atoms with van der Waals surface area (Å²) in [4.78, 5) is 34.2. The molecule has 0 atom stereocenters. The molecule has 3 aromatic carbocycles. The van der Waals surface area contributed by atoms with Crippen LogP contribution >= 0.6 is 24.1 Å². The molecular weight excluding hydrogens is 424 g/mol. The standard InChI is InChI=1S/C20H14N4O4S2/c25-19(14-9-11-15(12-10-14)24(27)28)21-20(26)29-22-30-23-17-8-4-7-16(18(17)23)13-5-2-1-3-6-13/h1-12,22H,(H,21,25,26). The van der Waals surface area contributed by atoms with Gasteiger partial charge in [0, 0.05) is 35.2 Å². The van der Waals surface area contributed by atoms with E-state index >= 15 is 0 Å². The van der Waals surface area contributed by atoms with Crippen molar-refractivity contribution < 1.29 is 14.5 Å². The second-order valence-corrected chi connectivity index (χ2v) is 7.95. The number of hydrogen-bond donors (Lipinski definition) is 2. The molecule has 10 heteroatoms. The van der Waals surface area contributed by atoms with Crippen LogP contribution in [0.2, 0.25) is 0 Å². The summed E-state index contributed by atoms with van der Waals surface area (Å²) in [6.07, 6.45) is 0. The molecule has 0 radical (unpaired) electrons. The highest BCUT2D eigenvalue weighted by Crippen LogP contribution is 2.57. The van der Waals surface area contributed by atoms with Crippen LogP contribution in [0.5, 0.6) is 0 Å². The number of nitrogens with one attached hydrogen (secondary N) is 2. The Labute approximate surface area is 180 Å². The molecule has 1 aliphatic heterocycles. The van der Waals surface area contributed by atoms with Gasteiger partial charge in [0.15, 0.2) is 0 Å². The van der Waals surface area contributed by atoms with Gasteiger partial charge in [-0.25, -0.2) is 0 Å². The number of carbonyl (C=O) groups is 2. The average Bonchev–Trinajstić information content (AvgIpc) is 3.47. The molecule has 0 fully saturated rings. The summed E-state index contributed by atoms with van der Waals surface area (Å²) in [5.41, 5.74) is 4.37. The van der Waals surface area contributed by atoms with Gasteiger partial charge in [-0.2, -0.15) is 4.13 Å². The van der Waals surface area contributed by atoms with E-state index in [1.54, 1.807) is 0 Å². The van der Waals surface area contributed by atoms with Gasteiger partial charge in [0.25, 0.3) is 11.6 Å². The van der Waals surface area contributed by atoms with Gasteiger partial charge in [-0.15, -0.1) is 0 Å². The Morgan fingerprint density at radius 2 is 1.67 bits per heavy atom. The molecular formula is C20H14N4O4S2. The van der Waals surface area contributed by atoms with Crippen LogP contribution in [-0.2, 0) is 0 Å². The van der Waals surface area contributed by atoms with Crippen molar-refractivity contribution in [2.75, 3.05) is 4.31 Å². The second kappa shape index (κ2) is 8.57. The molecule has 1 aliphatic rings. The zero-order valence-corrected chi connectivity index (χ0v) is 16.9. The molecule has 3 aromatic rings. The molecule has 150 valence electrons. The normalized spacial score (nSPS) is 11.5. The predicted octanol–water partition coefficient (Wildman–Crippen LogP) is 5.06. The highest BCUT2D eigenvalue weighted by Gasteiger charge is 2.33. The summed E-state index contributed by atoms with van der Waals surface area (Å²) < 4.78 is 4.82. The summed E-state index contributed by atoms with van der Waals surface area (Å²) in [6.45, 7) is 0. The molecule has 0 spiro atoms. The molecule has 8 nitrogen and oxygen atoms in total. The Kier molecular flexibility index (Phi) is 5.70. The minimum atomic E-state index is -0.629. The number of amides is 2. The molecule has 4 rings (SSSR count). The molecule has 0 aromatic heterocycles. The second-order valence-electron chi connectivity index (χ2n) is 6.16. The quantitative estimate of drug-likeness (QED) is 0.238. The summed E-state index contributed by atoms with van der Waals surface area (Å²) >= 11 is 1.98. The van der Waals surface area contributed by atoms with Crippen LogP contribution in [0.4, 0.5) is 21.9 Å². The van der Waals surface area contributed by atoms with E-state index in [9.17, 15) is 19.7 Å². The first-order chi connectivity index (χ1) is 14.5. The molecule has 0 saturated carbocycles. The number of fused-ring (bicyclic) bond motifs is 1. The van der Waals surface area contributed by atoms with Gasteiger partial charge in [0.2, 0.25) is 0 Å². The van der Waals surface area contributed by atoms with Crippen molar-refractivity contribution in [1.82, 2.24) is 9.44 Å². The zero-order valence-electron chi connectivity index (χ0n) is 15.3. The van der Waals surface area contributed by atoms with Crippen molar-refractivity contribution in [1.29, 1.82) is 0 Å². The molecule has 0 unspecified atom stereocenters. The molecule has 30 heavy (non-hydrogen) atoms. The Bertz CT molecular complexity index is 1120. The van der Waals surface area contributed by atoms with Gasteiger partial charge in [0.05, 0.1) is 28.4 Å². The number of anilines is 2. The average molecular weight is 438 g/mol. The zero-order chi connectivity index (χ0) is 21.1. The third-order valence-electron chi connectivity index (χ3n) is 4.29. The van der Waals surface area contributed by atoms with E-state index in [4.69, 9.17) is 0 Å². The Morgan fingerprint density at radius 1 is 0.933 bits per heavy atom. The Morgan fingerprint density at radius 3 is 2.37 bits per heavy atom. The molecule has 1 heterocycles. The third-order valence-corrected chi connectivity index (χ3v) is 5.77. The van der Waals surface area contributed by atoms with E-state index in [0.717, 1.165) is 34.4 Å². The topological polar surface area (TPSA) is 104 Å². The van der Waals surface area contributed by atoms with Crippen LogP contribution in [0.25, 0.3) is 11.1 Å². The SMILES string of the molecule is O=C(NC(=O)c1ccc([N+](=O)[O-])cc1)SNSN1c2cccc(-c3ccccc3)c21. The van der Waals surface area contributed by atoms with Gasteiger partial charge in [-0.1, -0.05) is 42.5 Å². The number of para-hydroxylation sites is 1. The van der Waals surface area contributed by atoms with Crippen LogP contribution < -0.4 is 13.7 Å². The third kappa shape index (κ3) is 4.30. The monoisotopic (exact) mass is 438 g/mol. The maximum absolute atomic E-state index is 12.1. The van der Waals surface area contributed by atoms with Crippen LogP contribution in [0.15, 0.2) is 72.8 Å². The predicted molar refractivity (Wildman–Crippen MR) is 118 cm³/mol. The van der Waals surface area contributed by atoms with Gasteiger partial charge >= 0.3 is 5.24 Å². The molecule has 0 saturated heterocycles. The number of hydrogen-bond acceptors (Lipinski definition) is 8. The number of rotatable bonds is 6. The van der Waals surface area contributed by atoms with E-state index in [1.165, 1.54) is 36.4 Å². The first-order valence-corrected chi connectivity index (χ1v) is 10.3. The lowest BCUT2D eigenvalue weighted by Crippen LogP contribution is -2.28. The smallest absolute Gasteiger partial charge is 0.282 e. The van der Waals surface area contributed by atoms with E-state index < -0.39 is 16.1 Å². The largest absolute Gasteiger partial charge is 0.301 e. The van der Waals surface area contributed by atoms with Gasteiger partial charge in [0.1, 0.15) is 0 Å².